The van der Waals surface area contributed by atoms with Crippen molar-refractivity contribution in [2.24, 2.45) is 0 Å². The van der Waals surface area contributed by atoms with Gasteiger partial charge in [-0.2, -0.15) is 13.2 Å². The van der Waals surface area contributed by atoms with Crippen molar-refractivity contribution < 1.29 is 26.9 Å². The second-order valence-electron chi connectivity index (χ2n) is 8.98. The molecule has 7 nitrogen and oxygen atoms in total. The zero-order valence-electron chi connectivity index (χ0n) is 20.6. The van der Waals surface area contributed by atoms with Gasteiger partial charge in [0.15, 0.2) is 0 Å². The van der Waals surface area contributed by atoms with E-state index in [4.69, 9.17) is 4.74 Å². The molecule has 1 unspecified atom stereocenters. The summed E-state index contributed by atoms with van der Waals surface area (Å²) >= 11 is 0. The van der Waals surface area contributed by atoms with Gasteiger partial charge in [0.25, 0.3) is 0 Å². The van der Waals surface area contributed by atoms with Crippen LogP contribution >= 0.6 is 0 Å². The van der Waals surface area contributed by atoms with Gasteiger partial charge in [0.1, 0.15) is 11.0 Å². The zero-order valence-corrected chi connectivity index (χ0v) is 21.5. The summed E-state index contributed by atoms with van der Waals surface area (Å²) in [5, 5.41) is 1.16. The van der Waals surface area contributed by atoms with Crippen LogP contribution < -0.4 is 9.62 Å². The van der Waals surface area contributed by atoms with Crippen LogP contribution in [0.3, 0.4) is 0 Å². The highest BCUT2D eigenvalue weighted by Crippen LogP contribution is 2.35. The van der Waals surface area contributed by atoms with Crippen LogP contribution in [-0.2, 0) is 20.5 Å². The van der Waals surface area contributed by atoms with Gasteiger partial charge >= 0.3 is 6.68 Å². The van der Waals surface area contributed by atoms with Crippen LogP contribution in [0.2, 0.25) is 0 Å². The normalized spacial score (nSPS) is 16.7. The molecule has 37 heavy (non-hydrogen) atoms. The van der Waals surface area contributed by atoms with Gasteiger partial charge in [0.2, 0.25) is 5.91 Å². The van der Waals surface area contributed by atoms with Gasteiger partial charge in [-0.3, -0.25) is 4.79 Å². The highest BCUT2D eigenvalue weighted by atomic mass is 32.2. The lowest BCUT2D eigenvalue weighted by Crippen LogP contribution is -2.44. The fraction of sp³-hybridized carbons (Fsp3) is 0.423. The molecule has 11 heteroatoms. The summed E-state index contributed by atoms with van der Waals surface area (Å²) in [5.74, 6) is -0.0495. The number of aromatic nitrogens is 1. The fourth-order valence-electron chi connectivity index (χ4n) is 4.61. The largest absolute Gasteiger partial charge is 0.379 e. The van der Waals surface area contributed by atoms with E-state index in [1.165, 1.54) is 18.4 Å². The number of aromatic amines is 1. The lowest BCUT2D eigenvalue weighted by Gasteiger charge is -2.26. The highest BCUT2D eigenvalue weighted by Gasteiger charge is 2.21. The maximum Gasteiger partial charge on any atom is 0.379 e. The van der Waals surface area contributed by atoms with E-state index in [9.17, 15) is 22.2 Å². The number of fused-ring (bicyclic) bond motifs is 1. The molecule has 2 aliphatic heterocycles. The van der Waals surface area contributed by atoms with Crippen molar-refractivity contribution in [3.63, 3.8) is 0 Å². The van der Waals surface area contributed by atoms with E-state index in [0.717, 1.165) is 40.9 Å². The SMILES string of the molecule is Cc1ccc2[nH]c(-c3cc(S(=O)NCC(=O)N4CCOCC4)ccc3N3CCCC3)cc2c1.FC(F)F. The molecule has 2 fully saturated rings. The van der Waals surface area contributed by atoms with E-state index in [-0.39, 0.29) is 12.5 Å². The maximum atomic E-state index is 13.0. The predicted molar refractivity (Wildman–Crippen MR) is 139 cm³/mol. The molecule has 3 aromatic rings. The van der Waals surface area contributed by atoms with Gasteiger partial charge in [0, 0.05) is 54.0 Å². The minimum Gasteiger partial charge on any atom is -0.378 e. The van der Waals surface area contributed by atoms with Crippen molar-refractivity contribution in [1.82, 2.24) is 14.6 Å². The number of hydrogen-bond donors (Lipinski definition) is 2. The molecule has 200 valence electrons. The molecule has 2 saturated heterocycles. The van der Waals surface area contributed by atoms with E-state index in [0.29, 0.717) is 31.2 Å². The minimum atomic E-state index is -3.67. The molecule has 0 spiro atoms. The number of alkyl halides is 3. The van der Waals surface area contributed by atoms with E-state index in [2.05, 4.69) is 51.9 Å². The van der Waals surface area contributed by atoms with Crippen molar-refractivity contribution in [2.45, 2.75) is 31.3 Å². The summed E-state index contributed by atoms with van der Waals surface area (Å²) in [7, 11) is -1.48. The van der Waals surface area contributed by atoms with Crippen LogP contribution in [0.25, 0.3) is 22.2 Å². The third-order valence-corrected chi connectivity index (χ3v) is 7.50. The number of carbonyl (C=O) groups excluding carboxylic acids is 1. The van der Waals surface area contributed by atoms with Crippen LogP contribution in [0.1, 0.15) is 18.4 Å². The molecule has 2 N–H and O–H groups in total. The smallest absolute Gasteiger partial charge is 0.378 e. The van der Waals surface area contributed by atoms with Gasteiger partial charge in [-0.05, 0) is 56.2 Å². The van der Waals surface area contributed by atoms with Gasteiger partial charge < -0.3 is 19.5 Å². The van der Waals surface area contributed by atoms with Gasteiger partial charge in [0.05, 0.1) is 24.7 Å². The Morgan fingerprint density at radius 1 is 1.05 bits per heavy atom. The van der Waals surface area contributed by atoms with Crippen LogP contribution in [0.15, 0.2) is 47.4 Å². The fourth-order valence-corrected chi connectivity index (χ4v) is 5.45. The quantitative estimate of drug-likeness (QED) is 0.490. The number of carbonyl (C=O) groups is 1. The summed E-state index contributed by atoms with van der Waals surface area (Å²) < 4.78 is 50.3. The number of nitrogens with zero attached hydrogens (tertiary/aromatic N) is 2. The Bertz CT molecular complexity index is 1240. The molecule has 0 bridgehead atoms. The summed E-state index contributed by atoms with van der Waals surface area (Å²) in [4.78, 5) is 20.8. The lowest BCUT2D eigenvalue weighted by molar-refractivity contribution is -0.133. The summed E-state index contributed by atoms with van der Waals surface area (Å²) in [5.41, 5.74) is 5.51. The van der Waals surface area contributed by atoms with Crippen LogP contribution in [0, 0.1) is 6.92 Å². The Kier molecular flexibility index (Phi) is 9.23. The Hall–Kier alpha value is -2.89. The molecule has 0 radical (unpaired) electrons. The number of rotatable bonds is 6. The van der Waals surface area contributed by atoms with Gasteiger partial charge in [-0.1, -0.05) is 11.6 Å². The molecule has 3 heterocycles. The summed E-state index contributed by atoms with van der Waals surface area (Å²) in [6, 6.07) is 14.5. The standard InChI is InChI=1S/C25H30N4O3S.CHF3/c1-18-4-6-22-19(14-18)15-23(27-22)21-16-20(5-7-24(21)28-8-2-3-9-28)33(31)26-17-25(30)29-10-12-32-13-11-29;2-1(3)4/h4-7,14-16,26-27H,2-3,8-13,17H2,1H3;1H. The maximum absolute atomic E-state index is 13.0. The average Bonchev–Trinajstić information content (AvgIpc) is 3.57. The van der Waals surface area contributed by atoms with Crippen molar-refractivity contribution in [3.8, 4) is 11.3 Å². The average molecular weight is 537 g/mol. The Balaban J connectivity index is 0.000000747. The number of benzene rings is 2. The number of halogens is 3. The number of amides is 1. The minimum absolute atomic E-state index is 0.0431. The first kappa shape index (κ1) is 27.2. The lowest BCUT2D eigenvalue weighted by atomic mass is 10.1. The summed E-state index contributed by atoms with van der Waals surface area (Å²) in [6.07, 6.45) is 2.37. The van der Waals surface area contributed by atoms with Crippen LogP contribution in [0.4, 0.5) is 18.9 Å². The predicted octanol–water partition coefficient (Wildman–Crippen LogP) is 4.39. The third kappa shape index (κ3) is 7.12. The zero-order chi connectivity index (χ0) is 26.4. The van der Waals surface area contributed by atoms with Gasteiger partial charge in [-0.25, -0.2) is 8.93 Å². The molecule has 1 atom stereocenters. The van der Waals surface area contributed by atoms with E-state index in [1.54, 1.807) is 4.90 Å². The molecule has 1 amide bonds. The number of nitrogens with one attached hydrogen (secondary N) is 2. The van der Waals surface area contributed by atoms with Crippen molar-refractivity contribution in [2.75, 3.05) is 50.8 Å². The number of ether oxygens (including phenoxy) is 1. The molecule has 5 rings (SSSR count). The van der Waals surface area contributed by atoms with Crippen LogP contribution in [0.5, 0.6) is 0 Å². The Labute approximate surface area is 216 Å². The molecule has 2 aromatic carbocycles. The third-order valence-electron chi connectivity index (χ3n) is 6.41. The number of anilines is 1. The Morgan fingerprint density at radius 2 is 1.76 bits per heavy atom. The number of H-pyrrole nitrogens is 1. The second kappa shape index (κ2) is 12.6. The first-order chi connectivity index (χ1) is 17.8. The van der Waals surface area contributed by atoms with Crippen molar-refractivity contribution in [1.29, 1.82) is 0 Å². The van der Waals surface area contributed by atoms with Crippen LogP contribution in [-0.4, -0.2) is 72.6 Å². The molecule has 0 saturated carbocycles. The summed E-state index contributed by atoms with van der Waals surface area (Å²) in [6.45, 7) is 2.81. The van der Waals surface area contributed by atoms with E-state index >= 15 is 0 Å². The monoisotopic (exact) mass is 536 g/mol. The molecule has 0 aliphatic carbocycles. The van der Waals surface area contributed by atoms with Gasteiger partial charge in [-0.15, -0.1) is 0 Å². The van der Waals surface area contributed by atoms with Crippen molar-refractivity contribution in [3.05, 3.63) is 48.0 Å². The van der Waals surface area contributed by atoms with E-state index < -0.39 is 17.7 Å². The molecule has 2 aliphatic rings. The number of hydrogen-bond acceptors (Lipinski definition) is 4. The highest BCUT2D eigenvalue weighted by molar-refractivity contribution is 7.83. The van der Waals surface area contributed by atoms with Crippen molar-refractivity contribution >= 4 is 33.5 Å². The number of morpholine rings is 1. The Morgan fingerprint density at radius 3 is 2.46 bits per heavy atom. The second-order valence-corrected chi connectivity index (χ2v) is 10.3. The number of aryl methyl sites for hydroxylation is 1. The first-order valence-electron chi connectivity index (χ1n) is 12.2. The topological polar surface area (TPSA) is 77.7 Å². The molecule has 1 aromatic heterocycles. The molecular weight excluding hydrogens is 505 g/mol. The van der Waals surface area contributed by atoms with E-state index in [1.807, 2.05) is 12.1 Å². The first-order valence-corrected chi connectivity index (χ1v) is 13.4. The molecular formula is C26H31F3N4O3S.